The molecule has 0 aliphatic carbocycles. The van der Waals surface area contributed by atoms with Crippen molar-refractivity contribution in [1.29, 1.82) is 0 Å². The number of benzene rings is 1. The Morgan fingerprint density at radius 1 is 1.04 bits per heavy atom. The normalized spacial score (nSPS) is 12.9. The van der Waals surface area contributed by atoms with Crippen LogP contribution in [0.25, 0.3) is 0 Å². The van der Waals surface area contributed by atoms with E-state index in [1.54, 1.807) is 13.8 Å². The Balaban J connectivity index is 3.60. The molecule has 1 aromatic carbocycles. The molecule has 0 radical (unpaired) electrons. The molecule has 10 heteroatoms. The SMILES string of the molecule is CCNC(=O)N(CC)c1c(C)cc(C(O)(C(F)(F)F)C(F)(F)F)cc1C. The second-order valence-electron chi connectivity index (χ2n) is 5.74. The molecule has 2 N–H and O–H groups in total. The highest BCUT2D eigenvalue weighted by Gasteiger charge is 2.71. The predicted molar refractivity (Wildman–Crippen MR) is 84.0 cm³/mol. The van der Waals surface area contributed by atoms with Crippen LogP contribution in [0.2, 0.25) is 0 Å². The molecule has 0 saturated carbocycles. The quantitative estimate of drug-likeness (QED) is 0.763. The minimum atomic E-state index is -5.96. The van der Waals surface area contributed by atoms with Crippen LogP contribution >= 0.6 is 0 Å². The first-order valence-electron chi connectivity index (χ1n) is 7.75. The zero-order chi connectivity index (χ0) is 20.5. The zero-order valence-corrected chi connectivity index (χ0v) is 14.6. The molecule has 0 saturated heterocycles. The third-order valence-corrected chi connectivity index (χ3v) is 3.89. The van der Waals surface area contributed by atoms with Crippen LogP contribution < -0.4 is 10.2 Å². The van der Waals surface area contributed by atoms with Gasteiger partial charge in [0.15, 0.2) is 0 Å². The van der Waals surface area contributed by atoms with Gasteiger partial charge in [0.25, 0.3) is 5.60 Å². The van der Waals surface area contributed by atoms with Crippen molar-refractivity contribution >= 4 is 11.7 Å². The molecule has 0 fully saturated rings. The lowest BCUT2D eigenvalue weighted by molar-refractivity contribution is -0.376. The van der Waals surface area contributed by atoms with Gasteiger partial charge in [0.2, 0.25) is 0 Å². The number of nitrogens with zero attached hydrogens (tertiary/aromatic N) is 1. The molecule has 0 aromatic heterocycles. The molecule has 0 aliphatic rings. The van der Waals surface area contributed by atoms with Crippen molar-refractivity contribution in [3.8, 4) is 0 Å². The molecule has 4 nitrogen and oxygen atoms in total. The Labute approximate surface area is 146 Å². The minimum absolute atomic E-state index is 0.0000260. The van der Waals surface area contributed by atoms with Crippen LogP contribution in [0.5, 0.6) is 0 Å². The third-order valence-electron chi connectivity index (χ3n) is 3.89. The van der Waals surface area contributed by atoms with Crippen LogP contribution in [0.4, 0.5) is 36.8 Å². The van der Waals surface area contributed by atoms with Crippen molar-refractivity contribution in [3.63, 3.8) is 0 Å². The summed E-state index contributed by atoms with van der Waals surface area (Å²) in [6.45, 7) is 6.29. The van der Waals surface area contributed by atoms with E-state index in [4.69, 9.17) is 0 Å². The van der Waals surface area contributed by atoms with Gasteiger partial charge in [-0.25, -0.2) is 4.79 Å². The van der Waals surface area contributed by atoms with E-state index in [1.807, 2.05) is 0 Å². The fourth-order valence-corrected chi connectivity index (χ4v) is 2.73. The van der Waals surface area contributed by atoms with Crippen LogP contribution in [0.15, 0.2) is 12.1 Å². The lowest BCUT2D eigenvalue weighted by Gasteiger charge is -2.34. The lowest BCUT2D eigenvalue weighted by atomic mass is 9.88. The highest BCUT2D eigenvalue weighted by Crippen LogP contribution is 2.50. The van der Waals surface area contributed by atoms with E-state index in [0.717, 1.165) is 0 Å². The van der Waals surface area contributed by atoms with Crippen molar-refractivity contribution in [2.45, 2.75) is 45.6 Å². The summed E-state index contributed by atoms with van der Waals surface area (Å²) >= 11 is 0. The second-order valence-corrected chi connectivity index (χ2v) is 5.74. The van der Waals surface area contributed by atoms with Crippen LogP contribution in [-0.4, -0.2) is 36.6 Å². The van der Waals surface area contributed by atoms with Crippen LogP contribution in [0.3, 0.4) is 0 Å². The van der Waals surface area contributed by atoms with E-state index < -0.39 is 29.5 Å². The maximum Gasteiger partial charge on any atom is 0.430 e. The minimum Gasteiger partial charge on any atom is -0.369 e. The average molecular weight is 386 g/mol. The summed E-state index contributed by atoms with van der Waals surface area (Å²) in [6, 6.07) is 0.673. The van der Waals surface area contributed by atoms with Crippen LogP contribution in [0, 0.1) is 13.8 Å². The first-order chi connectivity index (χ1) is 11.7. The molecule has 0 atom stereocenters. The molecule has 0 unspecified atom stereocenters. The van der Waals surface area contributed by atoms with Crippen LogP contribution in [0.1, 0.15) is 30.5 Å². The molecular formula is C16H20F6N2O2. The molecule has 0 spiro atoms. The number of nitrogens with one attached hydrogen (secondary N) is 1. The summed E-state index contributed by atoms with van der Waals surface area (Å²) in [5.74, 6) is 0. The lowest BCUT2D eigenvalue weighted by Crippen LogP contribution is -2.54. The molecule has 0 heterocycles. The highest BCUT2D eigenvalue weighted by molar-refractivity contribution is 5.93. The summed E-state index contributed by atoms with van der Waals surface area (Å²) in [7, 11) is 0. The topological polar surface area (TPSA) is 52.6 Å². The monoisotopic (exact) mass is 386 g/mol. The van der Waals surface area contributed by atoms with Crippen molar-refractivity contribution < 1.29 is 36.2 Å². The predicted octanol–water partition coefficient (Wildman–Crippen LogP) is 4.17. The number of anilines is 1. The first-order valence-corrected chi connectivity index (χ1v) is 7.75. The Morgan fingerprint density at radius 2 is 1.46 bits per heavy atom. The fourth-order valence-electron chi connectivity index (χ4n) is 2.73. The molecule has 0 aliphatic heterocycles. The van der Waals surface area contributed by atoms with Crippen molar-refractivity contribution in [3.05, 3.63) is 28.8 Å². The summed E-state index contributed by atoms with van der Waals surface area (Å²) in [6.07, 6.45) is -11.9. The standard InChI is InChI=1S/C16H20F6N2O2/c1-5-23-13(25)24(6-2)12-9(3)7-11(8-10(12)4)14(26,15(17,18)19)16(20,21)22/h7-8,26H,5-6H2,1-4H3,(H,23,25). The largest absolute Gasteiger partial charge is 0.430 e. The number of rotatable bonds is 4. The number of amides is 2. The van der Waals surface area contributed by atoms with Gasteiger partial charge in [-0.1, -0.05) is 12.1 Å². The van der Waals surface area contributed by atoms with Crippen LogP contribution in [-0.2, 0) is 5.60 Å². The van der Waals surface area contributed by atoms with Gasteiger partial charge in [0.1, 0.15) is 0 Å². The highest BCUT2D eigenvalue weighted by atomic mass is 19.4. The van der Waals surface area contributed by atoms with Gasteiger partial charge < -0.3 is 10.4 Å². The van der Waals surface area contributed by atoms with Crippen molar-refractivity contribution in [2.24, 2.45) is 0 Å². The number of carbonyl (C=O) groups excluding carboxylic acids is 1. The van der Waals surface area contributed by atoms with Gasteiger partial charge in [-0.05, 0) is 38.8 Å². The maximum absolute atomic E-state index is 13.1. The molecule has 148 valence electrons. The molecule has 1 rings (SSSR count). The van der Waals surface area contributed by atoms with Gasteiger partial charge in [0.05, 0.1) is 5.69 Å². The Kier molecular flexibility index (Phi) is 6.23. The van der Waals surface area contributed by atoms with Crippen molar-refractivity contribution in [1.82, 2.24) is 5.32 Å². The summed E-state index contributed by atoms with van der Waals surface area (Å²) in [5, 5.41) is 12.1. The van der Waals surface area contributed by atoms with E-state index in [-0.39, 0.29) is 23.4 Å². The maximum atomic E-state index is 13.1. The van der Waals surface area contributed by atoms with Gasteiger partial charge in [-0.15, -0.1) is 0 Å². The van der Waals surface area contributed by atoms with Crippen molar-refractivity contribution in [2.75, 3.05) is 18.0 Å². The number of hydrogen-bond donors (Lipinski definition) is 2. The summed E-state index contributed by atoms with van der Waals surface area (Å²) in [5.41, 5.74) is -6.16. The average Bonchev–Trinajstić information content (AvgIpc) is 2.47. The number of carbonyl (C=O) groups is 1. The summed E-state index contributed by atoms with van der Waals surface area (Å²) < 4.78 is 78.4. The number of aryl methyl sites for hydroxylation is 2. The molecule has 1 aromatic rings. The Morgan fingerprint density at radius 3 is 1.77 bits per heavy atom. The number of aliphatic hydroxyl groups is 1. The van der Waals surface area contributed by atoms with E-state index in [1.165, 1.54) is 18.7 Å². The molecule has 0 bridgehead atoms. The second kappa shape index (κ2) is 7.34. The van der Waals surface area contributed by atoms with Gasteiger partial charge in [0, 0.05) is 18.7 Å². The van der Waals surface area contributed by atoms with E-state index in [0.29, 0.717) is 18.7 Å². The van der Waals surface area contributed by atoms with Gasteiger partial charge in [-0.2, -0.15) is 26.3 Å². The third kappa shape index (κ3) is 3.74. The number of halogens is 6. The van der Waals surface area contributed by atoms with E-state index in [9.17, 15) is 36.2 Å². The number of hydrogen-bond acceptors (Lipinski definition) is 2. The Hall–Kier alpha value is -1.97. The zero-order valence-electron chi connectivity index (χ0n) is 14.6. The molecule has 26 heavy (non-hydrogen) atoms. The number of urea groups is 1. The number of alkyl halides is 6. The van der Waals surface area contributed by atoms with Gasteiger partial charge in [-0.3, -0.25) is 4.90 Å². The summed E-state index contributed by atoms with van der Waals surface area (Å²) in [4.78, 5) is 13.3. The smallest absolute Gasteiger partial charge is 0.369 e. The molecular weight excluding hydrogens is 366 g/mol. The molecule has 2 amide bonds. The first kappa shape index (κ1) is 22.1. The van der Waals surface area contributed by atoms with E-state index in [2.05, 4.69) is 5.32 Å². The van der Waals surface area contributed by atoms with E-state index >= 15 is 0 Å². The van der Waals surface area contributed by atoms with Gasteiger partial charge >= 0.3 is 18.4 Å². The fraction of sp³-hybridized carbons (Fsp3) is 0.562. The Bertz CT molecular complexity index is 633.